The zero-order chi connectivity index (χ0) is 61.3. The molecule has 6 aromatic carbocycles. The Balaban J connectivity index is 0.000000146. The molecule has 0 radical (unpaired) electrons. The van der Waals surface area contributed by atoms with Crippen molar-refractivity contribution in [1.82, 2.24) is 38.2 Å². The Morgan fingerprint density at radius 2 is 0.881 bits per heavy atom. The van der Waals surface area contributed by atoms with Gasteiger partial charge in [0.05, 0.1) is 89.7 Å². The minimum Gasteiger partial charge on any atom is -0.478 e. The highest BCUT2D eigenvalue weighted by atomic mass is 19.4. The molecule has 438 valence electrons. The molecule has 1 saturated carbocycles. The fourth-order valence-corrected chi connectivity index (χ4v) is 9.09. The van der Waals surface area contributed by atoms with Gasteiger partial charge in [-0.2, -0.15) is 26.3 Å². The van der Waals surface area contributed by atoms with Gasteiger partial charge in [0.25, 0.3) is 0 Å². The number of nitrogens with one attached hydrogen (secondary N) is 4. The SMILES string of the molecule is O=C(O)c1ccc2c(c1)[nH]c(=O)n2-c1ccc(C(F)(F)F)cc1.O=C(O)c1ccc2c(c1)[nH]c(=O)n2-c1ccc(F)c(F)c1.O=C(O)c1ccc2c(c1)[nH]c(=O)n2C1CCC(F)(F)CC1.O=C(O)c1ccc2c(c1)[nH]c(=O)n2CCC(F)(F)F. The van der Waals surface area contributed by atoms with Gasteiger partial charge in [-0.3, -0.25) is 18.3 Å². The van der Waals surface area contributed by atoms with Crippen LogP contribution in [0.2, 0.25) is 0 Å². The van der Waals surface area contributed by atoms with Crippen LogP contribution < -0.4 is 22.8 Å². The molecule has 0 amide bonds. The summed E-state index contributed by atoms with van der Waals surface area (Å²) in [6.45, 7) is -0.505. The van der Waals surface area contributed by atoms with Crippen molar-refractivity contribution in [2.45, 2.75) is 63.0 Å². The van der Waals surface area contributed by atoms with E-state index in [-0.39, 0.29) is 87.6 Å². The third kappa shape index (κ3) is 13.2. The van der Waals surface area contributed by atoms with Crippen LogP contribution >= 0.6 is 0 Å². The van der Waals surface area contributed by atoms with Crippen LogP contribution in [0, 0.1) is 11.6 Å². The number of hydrogen-bond acceptors (Lipinski definition) is 8. The lowest BCUT2D eigenvalue weighted by Crippen LogP contribution is -2.30. The minimum atomic E-state index is -4.46. The number of aromatic nitrogens is 8. The molecular formula is C54H40F10N8O12. The van der Waals surface area contributed by atoms with E-state index in [4.69, 9.17) is 20.4 Å². The number of rotatable bonds is 9. The van der Waals surface area contributed by atoms with E-state index < -0.39 is 89.4 Å². The van der Waals surface area contributed by atoms with E-state index in [1.54, 1.807) is 6.07 Å². The molecule has 30 heteroatoms. The summed E-state index contributed by atoms with van der Waals surface area (Å²) < 4.78 is 132. The van der Waals surface area contributed by atoms with E-state index in [0.717, 1.165) is 33.4 Å². The fraction of sp³-hybridized carbons (Fsp3) is 0.185. The monoisotopic (exact) mass is 1180 g/mol. The number of alkyl halides is 8. The Morgan fingerprint density at radius 3 is 1.32 bits per heavy atom. The van der Waals surface area contributed by atoms with Gasteiger partial charge in [-0.05, 0) is 122 Å². The van der Waals surface area contributed by atoms with Gasteiger partial charge in [0.15, 0.2) is 11.6 Å². The number of carboxylic acids is 4. The van der Waals surface area contributed by atoms with Crippen LogP contribution in [-0.4, -0.2) is 94.6 Å². The normalized spacial score (nSPS) is 13.4. The van der Waals surface area contributed by atoms with E-state index >= 15 is 0 Å². The van der Waals surface area contributed by atoms with Gasteiger partial charge in [0, 0.05) is 31.5 Å². The molecule has 0 bridgehead atoms. The highest BCUT2D eigenvalue weighted by Crippen LogP contribution is 2.39. The first-order chi connectivity index (χ1) is 39.4. The Bertz CT molecular complexity index is 4440. The van der Waals surface area contributed by atoms with Crippen molar-refractivity contribution in [2.24, 2.45) is 0 Å². The number of imidazole rings is 4. The van der Waals surface area contributed by atoms with Crippen LogP contribution in [0.1, 0.15) is 85.1 Å². The van der Waals surface area contributed by atoms with Crippen LogP contribution in [-0.2, 0) is 12.7 Å². The maximum atomic E-state index is 13.3. The molecular weight excluding hydrogens is 1140 g/mol. The number of nitrogens with zero attached hydrogens (tertiary/aromatic N) is 4. The average Bonchev–Trinajstić information content (AvgIpc) is 3.23. The molecule has 1 aliphatic rings. The summed E-state index contributed by atoms with van der Waals surface area (Å²) in [5, 5.41) is 35.6. The van der Waals surface area contributed by atoms with Crippen molar-refractivity contribution >= 4 is 68.0 Å². The average molecular weight is 1180 g/mol. The fourth-order valence-electron chi connectivity index (χ4n) is 9.09. The van der Waals surface area contributed by atoms with Gasteiger partial charge in [-0.15, -0.1) is 0 Å². The largest absolute Gasteiger partial charge is 0.478 e. The number of carboxylic acid groups (broad SMARTS) is 4. The summed E-state index contributed by atoms with van der Waals surface area (Å²) in [7, 11) is 0. The summed E-state index contributed by atoms with van der Waals surface area (Å²) in [6.07, 6.45) is -9.93. The van der Waals surface area contributed by atoms with E-state index in [2.05, 4.69) is 19.9 Å². The molecule has 10 aromatic rings. The second kappa shape index (κ2) is 23.2. The first-order valence-electron chi connectivity index (χ1n) is 24.4. The van der Waals surface area contributed by atoms with Gasteiger partial charge < -0.3 is 40.4 Å². The molecule has 20 nitrogen and oxygen atoms in total. The van der Waals surface area contributed by atoms with E-state index in [0.29, 0.717) is 27.6 Å². The number of aryl methyl sites for hydroxylation is 1. The number of benzene rings is 6. The maximum Gasteiger partial charge on any atom is 0.416 e. The highest BCUT2D eigenvalue weighted by molar-refractivity contribution is 5.95. The van der Waals surface area contributed by atoms with Crippen molar-refractivity contribution in [3.63, 3.8) is 0 Å². The number of carbonyl (C=O) groups is 4. The van der Waals surface area contributed by atoms with E-state index in [1.165, 1.54) is 94.1 Å². The van der Waals surface area contributed by atoms with E-state index in [1.807, 2.05) is 0 Å². The second-order valence-electron chi connectivity index (χ2n) is 18.7. The van der Waals surface area contributed by atoms with Gasteiger partial charge in [-0.25, -0.2) is 55.9 Å². The van der Waals surface area contributed by atoms with Crippen LogP contribution in [0.5, 0.6) is 0 Å². The van der Waals surface area contributed by atoms with Crippen molar-refractivity contribution in [3.05, 3.63) is 197 Å². The van der Waals surface area contributed by atoms with Crippen LogP contribution in [0.3, 0.4) is 0 Å². The molecule has 4 aromatic heterocycles. The third-order valence-electron chi connectivity index (χ3n) is 13.1. The first kappa shape index (κ1) is 59.7. The second-order valence-corrected chi connectivity index (χ2v) is 18.7. The molecule has 8 N–H and O–H groups in total. The number of H-pyrrole nitrogens is 4. The number of aromatic amines is 4. The molecule has 1 aliphatic carbocycles. The third-order valence-corrected chi connectivity index (χ3v) is 13.1. The molecule has 1 fully saturated rings. The molecule has 0 aliphatic heterocycles. The molecule has 0 atom stereocenters. The summed E-state index contributed by atoms with van der Waals surface area (Å²) >= 11 is 0. The molecule has 0 spiro atoms. The molecule has 11 rings (SSSR count). The van der Waals surface area contributed by atoms with Crippen molar-refractivity contribution in [2.75, 3.05) is 0 Å². The number of aromatic carboxylic acids is 4. The standard InChI is InChI=1S/C15H9F3N2O3.C14H8F2N2O3.C14H14F2N2O3.C11H9F3N2O3/c16-15(17,18)9-2-4-10(5-3-9)20-12-6-1-8(13(21)22)7-11(12)19-14(20)23;15-9-3-2-8(6-10(9)16)18-12-4-1-7(13(19)20)5-11(12)17-14(18)21;15-14(16)5-3-9(4-6-14)18-11-2-1-8(12(19)20)7-10(11)17-13(18)21;12-11(13,14)3-4-16-8-2-1-6(9(17)18)5-7(8)15-10(16)19/h1-7H,(H,19,23)(H,21,22);1-6H,(H,17,21)(H,19,20);1-2,7,9H,3-6H2,(H,17,21)(H,19,20);1-2,5H,3-4H2,(H,15,19)(H,17,18). The Kier molecular flexibility index (Phi) is 16.5. The Morgan fingerprint density at radius 1 is 0.488 bits per heavy atom. The quantitative estimate of drug-likeness (QED) is 0.0626. The lowest BCUT2D eigenvalue weighted by molar-refractivity contribution is -0.138. The van der Waals surface area contributed by atoms with E-state index in [9.17, 15) is 82.3 Å². The highest BCUT2D eigenvalue weighted by Gasteiger charge is 2.37. The van der Waals surface area contributed by atoms with Crippen molar-refractivity contribution in [3.8, 4) is 11.4 Å². The number of fused-ring (bicyclic) bond motifs is 4. The number of halogens is 10. The summed E-state index contributed by atoms with van der Waals surface area (Å²) in [5.74, 6) is -9.26. The zero-order valence-corrected chi connectivity index (χ0v) is 42.4. The van der Waals surface area contributed by atoms with Gasteiger partial charge in [0.2, 0.25) is 5.92 Å². The van der Waals surface area contributed by atoms with Crippen LogP contribution in [0.25, 0.3) is 55.5 Å². The lowest BCUT2D eigenvalue weighted by atomic mass is 9.92. The Labute approximate surface area is 459 Å². The smallest absolute Gasteiger partial charge is 0.416 e. The van der Waals surface area contributed by atoms with Gasteiger partial charge in [0.1, 0.15) is 0 Å². The first-order valence-corrected chi connectivity index (χ1v) is 24.4. The maximum absolute atomic E-state index is 13.3. The predicted molar refractivity (Wildman–Crippen MR) is 279 cm³/mol. The predicted octanol–water partition coefficient (Wildman–Crippen LogP) is 10.1. The minimum absolute atomic E-state index is 0.00156. The number of hydrogen-bond donors (Lipinski definition) is 8. The zero-order valence-electron chi connectivity index (χ0n) is 42.4. The van der Waals surface area contributed by atoms with Crippen LogP contribution in [0.4, 0.5) is 43.9 Å². The summed E-state index contributed by atoms with van der Waals surface area (Å²) in [6, 6.07) is 23.1. The summed E-state index contributed by atoms with van der Waals surface area (Å²) in [5.41, 5.74) is 0.152. The lowest BCUT2D eigenvalue weighted by Gasteiger charge is -2.28. The molecule has 0 unspecified atom stereocenters. The van der Waals surface area contributed by atoms with Crippen LogP contribution in [0.15, 0.2) is 134 Å². The molecule has 0 saturated heterocycles. The topological polar surface area (TPSA) is 300 Å². The van der Waals surface area contributed by atoms with Gasteiger partial charge in [-0.1, -0.05) is 0 Å². The Hall–Kier alpha value is -10.4. The molecule has 4 heterocycles. The van der Waals surface area contributed by atoms with Crippen molar-refractivity contribution < 1.29 is 83.5 Å². The summed E-state index contributed by atoms with van der Waals surface area (Å²) in [4.78, 5) is 101. The molecule has 84 heavy (non-hydrogen) atoms. The van der Waals surface area contributed by atoms with Crippen molar-refractivity contribution in [1.29, 1.82) is 0 Å². The van der Waals surface area contributed by atoms with Gasteiger partial charge >= 0.3 is 59.0 Å².